The Morgan fingerprint density at radius 1 is 0.917 bits per heavy atom. The summed E-state index contributed by atoms with van der Waals surface area (Å²) in [7, 11) is 0. The van der Waals surface area contributed by atoms with Crippen LogP contribution in [0.5, 0.6) is 0 Å². The van der Waals surface area contributed by atoms with Crippen molar-refractivity contribution in [1.29, 1.82) is 0 Å². The highest BCUT2D eigenvalue weighted by Gasteiger charge is 2.08. The first-order valence-electron chi connectivity index (χ1n) is 7.45. The summed E-state index contributed by atoms with van der Waals surface area (Å²) < 4.78 is 0. The molecule has 0 aromatic carbocycles. The molecule has 0 bridgehead atoms. The highest BCUT2D eigenvalue weighted by Crippen LogP contribution is 2.04. The van der Waals surface area contributed by atoms with Crippen LogP contribution in [0.1, 0.15) is 21.7 Å². The van der Waals surface area contributed by atoms with Gasteiger partial charge in [0.2, 0.25) is 5.95 Å². The molecule has 3 aromatic heterocycles. The van der Waals surface area contributed by atoms with Crippen LogP contribution in [0.4, 0.5) is 5.95 Å². The van der Waals surface area contributed by atoms with Gasteiger partial charge < -0.3 is 10.6 Å². The molecule has 0 aliphatic heterocycles. The number of carbonyl (C=O) groups is 1. The molecule has 7 heteroatoms. The Kier molecular flexibility index (Phi) is 5.03. The molecule has 24 heavy (non-hydrogen) atoms. The number of carbonyl (C=O) groups excluding carboxylic acids is 1. The minimum absolute atomic E-state index is 0.255. The van der Waals surface area contributed by atoms with E-state index in [9.17, 15) is 4.79 Å². The molecule has 0 saturated carbocycles. The number of pyridine rings is 2. The van der Waals surface area contributed by atoms with Crippen molar-refractivity contribution in [3.05, 3.63) is 78.1 Å². The van der Waals surface area contributed by atoms with Crippen LogP contribution in [0.3, 0.4) is 0 Å². The molecule has 3 aromatic rings. The molecule has 0 spiro atoms. The van der Waals surface area contributed by atoms with E-state index in [4.69, 9.17) is 0 Å². The molecule has 0 saturated heterocycles. The lowest BCUT2D eigenvalue weighted by Crippen LogP contribution is -2.24. The van der Waals surface area contributed by atoms with Crippen LogP contribution >= 0.6 is 0 Å². The SMILES string of the molecule is O=C(NCc1ccncc1)c1ccnc(NCc2ccccn2)n1. The molecule has 0 unspecified atom stereocenters. The van der Waals surface area contributed by atoms with Gasteiger partial charge in [-0.25, -0.2) is 9.97 Å². The van der Waals surface area contributed by atoms with Crippen LogP contribution in [0.15, 0.2) is 61.2 Å². The zero-order valence-corrected chi connectivity index (χ0v) is 12.9. The maximum absolute atomic E-state index is 12.2. The molecule has 1 amide bonds. The van der Waals surface area contributed by atoms with Gasteiger partial charge in [-0.05, 0) is 35.9 Å². The van der Waals surface area contributed by atoms with Crippen LogP contribution in [-0.2, 0) is 13.1 Å². The largest absolute Gasteiger partial charge is 0.349 e. The summed E-state index contributed by atoms with van der Waals surface area (Å²) >= 11 is 0. The Labute approximate surface area is 139 Å². The van der Waals surface area contributed by atoms with Gasteiger partial charge >= 0.3 is 0 Å². The molecular weight excluding hydrogens is 304 g/mol. The molecule has 0 radical (unpaired) electrons. The van der Waals surface area contributed by atoms with Gasteiger partial charge in [-0.1, -0.05) is 6.07 Å². The Morgan fingerprint density at radius 3 is 2.58 bits per heavy atom. The number of nitrogens with one attached hydrogen (secondary N) is 2. The molecule has 120 valence electrons. The number of hydrogen-bond acceptors (Lipinski definition) is 6. The topological polar surface area (TPSA) is 92.7 Å². The van der Waals surface area contributed by atoms with Crippen molar-refractivity contribution in [1.82, 2.24) is 25.3 Å². The van der Waals surface area contributed by atoms with Gasteiger partial charge in [-0.2, -0.15) is 0 Å². The van der Waals surface area contributed by atoms with Crippen molar-refractivity contribution in [2.24, 2.45) is 0 Å². The lowest BCUT2D eigenvalue weighted by molar-refractivity contribution is 0.0946. The fourth-order valence-electron chi connectivity index (χ4n) is 2.02. The van der Waals surface area contributed by atoms with Crippen LogP contribution in [0.2, 0.25) is 0 Å². The van der Waals surface area contributed by atoms with Crippen molar-refractivity contribution < 1.29 is 4.79 Å². The van der Waals surface area contributed by atoms with Gasteiger partial charge in [0, 0.05) is 31.3 Å². The van der Waals surface area contributed by atoms with Gasteiger partial charge in [-0.3, -0.25) is 14.8 Å². The maximum atomic E-state index is 12.2. The van der Waals surface area contributed by atoms with E-state index in [1.165, 1.54) is 0 Å². The van der Waals surface area contributed by atoms with E-state index in [0.29, 0.717) is 24.7 Å². The van der Waals surface area contributed by atoms with Crippen molar-refractivity contribution >= 4 is 11.9 Å². The van der Waals surface area contributed by atoms with Crippen molar-refractivity contribution in [3.63, 3.8) is 0 Å². The quantitative estimate of drug-likeness (QED) is 0.719. The second-order valence-corrected chi connectivity index (χ2v) is 4.98. The normalized spacial score (nSPS) is 10.2. The standard InChI is InChI=1S/C17H16N6O/c24-16(21-11-13-4-8-18-9-5-13)15-6-10-20-17(23-15)22-12-14-3-1-2-7-19-14/h1-10H,11-12H2,(H,21,24)(H,20,22,23). The van der Waals surface area contributed by atoms with Gasteiger partial charge in [0.05, 0.1) is 12.2 Å². The molecule has 0 aliphatic rings. The van der Waals surface area contributed by atoms with Crippen molar-refractivity contribution in [3.8, 4) is 0 Å². The van der Waals surface area contributed by atoms with E-state index < -0.39 is 0 Å². The first-order valence-corrected chi connectivity index (χ1v) is 7.45. The van der Waals surface area contributed by atoms with E-state index in [1.807, 2.05) is 30.3 Å². The third-order valence-corrected chi connectivity index (χ3v) is 3.24. The molecule has 3 heterocycles. The molecule has 7 nitrogen and oxygen atoms in total. The van der Waals surface area contributed by atoms with Crippen LogP contribution in [0, 0.1) is 0 Å². The van der Waals surface area contributed by atoms with Crippen LogP contribution < -0.4 is 10.6 Å². The Morgan fingerprint density at radius 2 is 1.79 bits per heavy atom. The fraction of sp³-hybridized carbons (Fsp3) is 0.118. The monoisotopic (exact) mass is 320 g/mol. The fourth-order valence-corrected chi connectivity index (χ4v) is 2.02. The second kappa shape index (κ2) is 7.77. The average Bonchev–Trinajstić information content (AvgIpc) is 2.66. The third-order valence-electron chi connectivity index (χ3n) is 3.24. The van der Waals surface area contributed by atoms with Gasteiger partial charge in [0.1, 0.15) is 5.69 Å². The van der Waals surface area contributed by atoms with Crippen molar-refractivity contribution in [2.45, 2.75) is 13.1 Å². The molecule has 0 aliphatic carbocycles. The van der Waals surface area contributed by atoms with Gasteiger partial charge in [0.25, 0.3) is 5.91 Å². The van der Waals surface area contributed by atoms with E-state index in [1.54, 1.807) is 30.9 Å². The zero-order chi connectivity index (χ0) is 16.6. The smallest absolute Gasteiger partial charge is 0.270 e. The zero-order valence-electron chi connectivity index (χ0n) is 12.9. The minimum Gasteiger partial charge on any atom is -0.349 e. The second-order valence-electron chi connectivity index (χ2n) is 4.98. The number of anilines is 1. The number of rotatable bonds is 6. The van der Waals surface area contributed by atoms with Gasteiger partial charge in [-0.15, -0.1) is 0 Å². The summed E-state index contributed by atoms with van der Waals surface area (Å²) in [6.07, 6.45) is 6.65. The molecule has 3 rings (SSSR count). The number of hydrogen-bond donors (Lipinski definition) is 2. The first-order chi connectivity index (χ1) is 11.8. The summed E-state index contributed by atoms with van der Waals surface area (Å²) in [4.78, 5) is 28.7. The summed E-state index contributed by atoms with van der Waals surface area (Å²) in [5.41, 5.74) is 2.15. The summed E-state index contributed by atoms with van der Waals surface area (Å²) in [5.74, 6) is 0.132. The molecular formula is C17H16N6O. The number of nitrogens with zero attached hydrogens (tertiary/aromatic N) is 4. The maximum Gasteiger partial charge on any atom is 0.270 e. The summed E-state index contributed by atoms with van der Waals surface area (Å²) in [5, 5.41) is 5.88. The first kappa shape index (κ1) is 15.5. The number of aromatic nitrogens is 4. The van der Waals surface area contributed by atoms with Crippen molar-refractivity contribution in [2.75, 3.05) is 5.32 Å². The van der Waals surface area contributed by atoms with E-state index in [-0.39, 0.29) is 5.91 Å². The van der Waals surface area contributed by atoms with Crippen LogP contribution in [0.25, 0.3) is 0 Å². The Bertz CT molecular complexity index is 794. The van der Waals surface area contributed by atoms with E-state index >= 15 is 0 Å². The number of amides is 1. The molecule has 0 fully saturated rings. The summed E-state index contributed by atoms with van der Waals surface area (Å²) in [6, 6.07) is 10.9. The molecule has 2 N–H and O–H groups in total. The Balaban J connectivity index is 1.59. The molecule has 0 atom stereocenters. The lowest BCUT2D eigenvalue weighted by atomic mass is 10.2. The summed E-state index contributed by atoms with van der Waals surface area (Å²) in [6.45, 7) is 0.908. The lowest BCUT2D eigenvalue weighted by Gasteiger charge is -2.07. The average molecular weight is 320 g/mol. The van der Waals surface area contributed by atoms with Crippen LogP contribution in [-0.4, -0.2) is 25.8 Å². The predicted octanol–water partition coefficient (Wildman–Crippen LogP) is 1.81. The van der Waals surface area contributed by atoms with E-state index in [2.05, 4.69) is 30.6 Å². The van der Waals surface area contributed by atoms with E-state index in [0.717, 1.165) is 11.3 Å². The highest BCUT2D eigenvalue weighted by molar-refractivity contribution is 5.92. The third kappa shape index (κ3) is 4.33. The van der Waals surface area contributed by atoms with Gasteiger partial charge in [0.15, 0.2) is 0 Å². The highest BCUT2D eigenvalue weighted by atomic mass is 16.1. The minimum atomic E-state index is -0.255. The predicted molar refractivity (Wildman–Crippen MR) is 89.0 cm³/mol. The Hall–Kier alpha value is -3.35.